The van der Waals surface area contributed by atoms with Crippen molar-refractivity contribution in [1.29, 1.82) is 0 Å². The Balaban J connectivity index is 1.90. The topological polar surface area (TPSA) is 77.0 Å². The minimum absolute atomic E-state index is 0.143. The van der Waals surface area contributed by atoms with Crippen molar-refractivity contribution in [3.8, 4) is 0 Å². The standard InChI is InChI=1S/C22H35ClN4O2/c1-4-16(5-2)21(29)27-13-11-17(12-14-27)26-22(24-6-3)25-15-20(28)18-9-7-8-10-19(18)23/h7-10,16-17,20,28H,4-6,11-15H2,1-3H3,(H2,24,25,26). The third kappa shape index (κ3) is 6.89. The molecule has 0 bridgehead atoms. The van der Waals surface area contributed by atoms with Crippen molar-refractivity contribution < 1.29 is 9.90 Å². The summed E-state index contributed by atoms with van der Waals surface area (Å²) < 4.78 is 0. The van der Waals surface area contributed by atoms with Crippen molar-refractivity contribution in [3.05, 3.63) is 34.9 Å². The smallest absolute Gasteiger partial charge is 0.225 e. The van der Waals surface area contributed by atoms with Gasteiger partial charge >= 0.3 is 0 Å². The maximum atomic E-state index is 12.6. The fraction of sp³-hybridized carbons (Fsp3) is 0.636. The summed E-state index contributed by atoms with van der Waals surface area (Å²) in [6.07, 6.45) is 2.84. The quantitative estimate of drug-likeness (QED) is 0.443. The highest BCUT2D eigenvalue weighted by Gasteiger charge is 2.26. The molecule has 1 atom stereocenters. The number of aliphatic hydroxyl groups excluding tert-OH is 1. The van der Waals surface area contributed by atoms with E-state index < -0.39 is 6.10 Å². The largest absolute Gasteiger partial charge is 0.386 e. The molecule has 1 unspecified atom stereocenters. The molecule has 29 heavy (non-hydrogen) atoms. The number of hydrogen-bond acceptors (Lipinski definition) is 3. The van der Waals surface area contributed by atoms with Crippen molar-refractivity contribution in [1.82, 2.24) is 15.5 Å². The van der Waals surface area contributed by atoms with Crippen LogP contribution in [0.4, 0.5) is 0 Å². The third-order valence-electron chi connectivity index (χ3n) is 5.51. The monoisotopic (exact) mass is 422 g/mol. The number of rotatable bonds is 8. The van der Waals surface area contributed by atoms with Gasteiger partial charge in [-0.2, -0.15) is 0 Å². The number of piperidine rings is 1. The highest BCUT2D eigenvalue weighted by atomic mass is 35.5. The van der Waals surface area contributed by atoms with Crippen LogP contribution < -0.4 is 10.6 Å². The van der Waals surface area contributed by atoms with Crippen LogP contribution in [0.3, 0.4) is 0 Å². The molecule has 1 saturated heterocycles. The average Bonchev–Trinajstić information content (AvgIpc) is 2.73. The van der Waals surface area contributed by atoms with Gasteiger partial charge < -0.3 is 20.6 Å². The Hall–Kier alpha value is -1.79. The van der Waals surface area contributed by atoms with Gasteiger partial charge in [0.05, 0.1) is 6.54 Å². The summed E-state index contributed by atoms with van der Waals surface area (Å²) in [4.78, 5) is 19.1. The molecule has 0 radical (unpaired) electrons. The number of benzene rings is 1. The molecule has 0 aliphatic carbocycles. The van der Waals surface area contributed by atoms with Gasteiger partial charge in [0.25, 0.3) is 0 Å². The molecule has 1 aromatic carbocycles. The Morgan fingerprint density at radius 3 is 2.48 bits per heavy atom. The number of carbonyl (C=O) groups is 1. The molecule has 0 aromatic heterocycles. The van der Waals surface area contributed by atoms with E-state index in [1.54, 1.807) is 6.07 Å². The van der Waals surface area contributed by atoms with Gasteiger partial charge in [0.15, 0.2) is 5.96 Å². The van der Waals surface area contributed by atoms with Crippen molar-refractivity contribution in [2.45, 2.75) is 58.6 Å². The number of likely N-dealkylation sites (tertiary alicyclic amines) is 1. The Bertz CT molecular complexity index is 671. The van der Waals surface area contributed by atoms with Gasteiger partial charge in [-0.3, -0.25) is 9.79 Å². The number of halogens is 1. The van der Waals surface area contributed by atoms with Crippen LogP contribution in [-0.4, -0.2) is 54.1 Å². The lowest BCUT2D eigenvalue weighted by Crippen LogP contribution is -2.50. The summed E-state index contributed by atoms with van der Waals surface area (Å²) in [6.45, 7) is 8.68. The van der Waals surface area contributed by atoms with Crippen LogP contribution in [0, 0.1) is 5.92 Å². The first-order valence-corrected chi connectivity index (χ1v) is 11.1. The van der Waals surface area contributed by atoms with E-state index in [9.17, 15) is 9.90 Å². The van der Waals surface area contributed by atoms with Crippen LogP contribution in [0.25, 0.3) is 0 Å². The molecule has 1 aliphatic heterocycles. The lowest BCUT2D eigenvalue weighted by atomic mass is 9.98. The van der Waals surface area contributed by atoms with E-state index in [-0.39, 0.29) is 24.4 Å². The minimum Gasteiger partial charge on any atom is -0.386 e. The summed E-state index contributed by atoms with van der Waals surface area (Å²) >= 11 is 6.16. The van der Waals surface area contributed by atoms with Gasteiger partial charge in [0.2, 0.25) is 5.91 Å². The first-order valence-electron chi connectivity index (χ1n) is 10.8. The van der Waals surface area contributed by atoms with Crippen LogP contribution in [0.15, 0.2) is 29.3 Å². The molecular formula is C22H35ClN4O2. The summed E-state index contributed by atoms with van der Waals surface area (Å²) in [6, 6.07) is 7.54. The van der Waals surface area contributed by atoms with Gasteiger partial charge in [-0.15, -0.1) is 0 Å². The summed E-state index contributed by atoms with van der Waals surface area (Å²) in [5, 5.41) is 17.7. The maximum Gasteiger partial charge on any atom is 0.225 e. The fourth-order valence-corrected chi connectivity index (χ4v) is 3.94. The average molecular weight is 423 g/mol. The number of hydrogen-bond donors (Lipinski definition) is 3. The van der Waals surface area contributed by atoms with Crippen molar-refractivity contribution in [2.75, 3.05) is 26.2 Å². The second kappa shape index (κ2) is 12.0. The van der Waals surface area contributed by atoms with Crippen molar-refractivity contribution in [3.63, 3.8) is 0 Å². The van der Waals surface area contributed by atoms with E-state index in [0.29, 0.717) is 16.5 Å². The van der Waals surface area contributed by atoms with Gasteiger partial charge in [0, 0.05) is 42.2 Å². The Kier molecular flexibility index (Phi) is 9.74. The van der Waals surface area contributed by atoms with Crippen LogP contribution in [0.2, 0.25) is 5.02 Å². The first-order chi connectivity index (χ1) is 14.0. The number of aliphatic hydroxyl groups is 1. The molecule has 6 nitrogen and oxygen atoms in total. The molecule has 0 saturated carbocycles. The molecule has 3 N–H and O–H groups in total. The number of carbonyl (C=O) groups excluding carboxylic acids is 1. The number of amides is 1. The normalized spacial score (nSPS) is 16.8. The van der Waals surface area contributed by atoms with Crippen molar-refractivity contribution in [2.24, 2.45) is 10.9 Å². The van der Waals surface area contributed by atoms with Gasteiger partial charge in [-0.25, -0.2) is 0 Å². The minimum atomic E-state index is -0.751. The van der Waals surface area contributed by atoms with E-state index in [0.717, 1.165) is 45.3 Å². The molecule has 1 aliphatic rings. The van der Waals surface area contributed by atoms with E-state index in [1.807, 2.05) is 30.0 Å². The maximum absolute atomic E-state index is 12.6. The third-order valence-corrected chi connectivity index (χ3v) is 5.86. The highest BCUT2D eigenvalue weighted by molar-refractivity contribution is 6.31. The second-order valence-corrected chi connectivity index (χ2v) is 7.92. The first kappa shape index (κ1) is 23.5. The van der Waals surface area contributed by atoms with Crippen LogP contribution in [-0.2, 0) is 4.79 Å². The zero-order valence-electron chi connectivity index (χ0n) is 17.8. The molecule has 1 amide bonds. The van der Waals surface area contributed by atoms with Crippen molar-refractivity contribution >= 4 is 23.5 Å². The lowest BCUT2D eigenvalue weighted by Gasteiger charge is -2.35. The van der Waals surface area contributed by atoms with Crippen LogP contribution >= 0.6 is 11.6 Å². The lowest BCUT2D eigenvalue weighted by molar-refractivity contribution is -0.136. The molecule has 2 rings (SSSR count). The predicted octanol–water partition coefficient (Wildman–Crippen LogP) is 3.36. The number of nitrogens with one attached hydrogen (secondary N) is 2. The zero-order chi connectivity index (χ0) is 21.2. The SMILES string of the molecule is CCNC(=NCC(O)c1ccccc1Cl)NC1CCN(C(=O)C(CC)CC)CC1. The molecule has 0 spiro atoms. The highest BCUT2D eigenvalue weighted by Crippen LogP contribution is 2.22. The summed E-state index contributed by atoms with van der Waals surface area (Å²) in [5.41, 5.74) is 0.682. The second-order valence-electron chi connectivity index (χ2n) is 7.51. The molecule has 1 aromatic rings. The molecule has 7 heteroatoms. The summed E-state index contributed by atoms with van der Waals surface area (Å²) in [7, 11) is 0. The van der Waals surface area contributed by atoms with Gasteiger partial charge in [0.1, 0.15) is 6.10 Å². The van der Waals surface area contributed by atoms with E-state index >= 15 is 0 Å². The Morgan fingerprint density at radius 1 is 1.24 bits per heavy atom. The molecule has 162 valence electrons. The predicted molar refractivity (Wildman–Crippen MR) is 119 cm³/mol. The molecule has 1 heterocycles. The zero-order valence-corrected chi connectivity index (χ0v) is 18.6. The number of aliphatic imine (C=N–C) groups is 1. The van der Waals surface area contributed by atoms with Gasteiger partial charge in [-0.05, 0) is 38.7 Å². The Morgan fingerprint density at radius 2 is 1.90 bits per heavy atom. The fourth-order valence-electron chi connectivity index (χ4n) is 3.68. The number of guanidine groups is 1. The van der Waals surface area contributed by atoms with E-state index in [2.05, 4.69) is 29.5 Å². The van der Waals surface area contributed by atoms with E-state index in [1.165, 1.54) is 0 Å². The number of nitrogens with zero attached hydrogens (tertiary/aromatic N) is 2. The van der Waals surface area contributed by atoms with Crippen LogP contribution in [0.5, 0.6) is 0 Å². The van der Waals surface area contributed by atoms with Gasteiger partial charge in [-0.1, -0.05) is 43.6 Å². The Labute approximate surface area is 179 Å². The van der Waals surface area contributed by atoms with E-state index in [4.69, 9.17) is 11.6 Å². The van der Waals surface area contributed by atoms with Crippen LogP contribution in [0.1, 0.15) is 58.1 Å². The molecule has 1 fully saturated rings. The molecular weight excluding hydrogens is 388 g/mol. The summed E-state index contributed by atoms with van der Waals surface area (Å²) in [5.74, 6) is 1.12.